The highest BCUT2D eigenvalue weighted by molar-refractivity contribution is 6.13. The zero-order valence-corrected chi connectivity index (χ0v) is 11.4. The molecule has 1 amide bonds. The molecule has 0 atom stereocenters. The van der Waals surface area contributed by atoms with Crippen LogP contribution < -0.4 is 11.1 Å². The fourth-order valence-electron chi connectivity index (χ4n) is 2.33. The van der Waals surface area contributed by atoms with Gasteiger partial charge in [-0.3, -0.25) is 4.79 Å². The summed E-state index contributed by atoms with van der Waals surface area (Å²) in [6, 6.07) is 9.71. The second-order valence-corrected chi connectivity index (χ2v) is 4.98. The first-order valence-corrected chi connectivity index (χ1v) is 6.48. The Kier molecular flexibility index (Phi) is 3.10. The average molecular weight is 283 g/mol. The molecule has 0 aliphatic carbocycles. The second kappa shape index (κ2) is 4.94. The maximum atomic E-state index is 13.4. The van der Waals surface area contributed by atoms with Crippen LogP contribution in [-0.4, -0.2) is 10.9 Å². The van der Waals surface area contributed by atoms with Crippen LogP contribution in [0.5, 0.6) is 0 Å². The van der Waals surface area contributed by atoms with E-state index in [0.717, 1.165) is 16.5 Å². The summed E-state index contributed by atoms with van der Waals surface area (Å²) >= 11 is 0. The number of nitrogen functional groups attached to an aromatic ring is 1. The van der Waals surface area contributed by atoms with Gasteiger partial charge < -0.3 is 16.0 Å². The lowest BCUT2D eigenvalue weighted by molar-refractivity contribution is 0.102. The molecule has 0 unspecified atom stereocenters. The minimum absolute atomic E-state index is 0.308. The van der Waals surface area contributed by atoms with E-state index in [-0.39, 0.29) is 11.7 Å². The van der Waals surface area contributed by atoms with E-state index in [1.165, 1.54) is 12.1 Å². The molecule has 0 aliphatic rings. The first-order chi connectivity index (χ1) is 10.0. The number of H-pyrrole nitrogens is 1. The summed E-state index contributed by atoms with van der Waals surface area (Å²) in [6.45, 7) is 1.77. The van der Waals surface area contributed by atoms with Crippen LogP contribution in [0.3, 0.4) is 0 Å². The number of halogens is 1. The average Bonchev–Trinajstić information content (AvgIpc) is 2.80. The number of nitrogens with two attached hydrogens (primary N) is 1. The van der Waals surface area contributed by atoms with Gasteiger partial charge in [-0.2, -0.15) is 0 Å². The van der Waals surface area contributed by atoms with Gasteiger partial charge >= 0.3 is 0 Å². The highest BCUT2D eigenvalue weighted by atomic mass is 19.1. The lowest BCUT2D eigenvalue weighted by Gasteiger charge is -2.06. The molecular formula is C16H14FN3O. The smallest absolute Gasteiger partial charge is 0.257 e. The Bertz CT molecular complexity index is 818. The van der Waals surface area contributed by atoms with E-state index in [1.54, 1.807) is 31.3 Å². The molecule has 0 spiro atoms. The number of nitrogens with one attached hydrogen (secondary N) is 2. The van der Waals surface area contributed by atoms with Crippen LogP contribution in [0.15, 0.2) is 42.6 Å². The summed E-state index contributed by atoms with van der Waals surface area (Å²) in [5.41, 5.74) is 8.80. The molecule has 1 aromatic heterocycles. The zero-order chi connectivity index (χ0) is 15.0. The van der Waals surface area contributed by atoms with Gasteiger partial charge in [0.2, 0.25) is 0 Å². The Morgan fingerprint density at radius 3 is 2.81 bits per heavy atom. The summed E-state index contributed by atoms with van der Waals surface area (Å²) in [7, 11) is 0. The Morgan fingerprint density at radius 1 is 1.24 bits per heavy atom. The molecule has 4 N–H and O–H groups in total. The molecule has 1 heterocycles. The van der Waals surface area contributed by atoms with Crippen LogP contribution in [0.2, 0.25) is 0 Å². The largest absolute Gasteiger partial charge is 0.399 e. The van der Waals surface area contributed by atoms with Gasteiger partial charge in [0.15, 0.2) is 0 Å². The van der Waals surface area contributed by atoms with Crippen molar-refractivity contribution in [1.82, 2.24) is 4.98 Å². The molecular weight excluding hydrogens is 269 g/mol. The van der Waals surface area contributed by atoms with Gasteiger partial charge in [0, 0.05) is 28.5 Å². The second-order valence-electron chi connectivity index (χ2n) is 4.98. The predicted molar refractivity (Wildman–Crippen MR) is 81.8 cm³/mol. The molecule has 0 fully saturated rings. The van der Waals surface area contributed by atoms with Crippen molar-refractivity contribution in [3.63, 3.8) is 0 Å². The van der Waals surface area contributed by atoms with Crippen molar-refractivity contribution in [2.75, 3.05) is 11.1 Å². The van der Waals surface area contributed by atoms with E-state index >= 15 is 0 Å². The molecule has 0 bridgehead atoms. The molecule has 0 aliphatic heterocycles. The van der Waals surface area contributed by atoms with Crippen LogP contribution in [-0.2, 0) is 0 Å². The molecule has 0 saturated heterocycles. The number of anilines is 2. The van der Waals surface area contributed by atoms with Gasteiger partial charge in [0.05, 0.1) is 5.56 Å². The van der Waals surface area contributed by atoms with Gasteiger partial charge in [-0.25, -0.2) is 4.39 Å². The fourth-order valence-corrected chi connectivity index (χ4v) is 2.33. The number of amides is 1. The highest BCUT2D eigenvalue weighted by Gasteiger charge is 2.13. The van der Waals surface area contributed by atoms with Crippen molar-refractivity contribution in [3.05, 3.63) is 59.5 Å². The number of aromatic amines is 1. The number of benzene rings is 2. The third kappa shape index (κ3) is 2.58. The third-order valence-corrected chi connectivity index (χ3v) is 3.25. The number of carbonyl (C=O) groups is 1. The van der Waals surface area contributed by atoms with E-state index in [2.05, 4.69) is 10.3 Å². The van der Waals surface area contributed by atoms with E-state index < -0.39 is 0 Å². The summed E-state index contributed by atoms with van der Waals surface area (Å²) in [5, 5.41) is 3.43. The van der Waals surface area contributed by atoms with Crippen molar-refractivity contribution in [2.45, 2.75) is 6.92 Å². The van der Waals surface area contributed by atoms with Crippen molar-refractivity contribution in [1.29, 1.82) is 0 Å². The first kappa shape index (κ1) is 13.2. The zero-order valence-electron chi connectivity index (χ0n) is 11.4. The van der Waals surface area contributed by atoms with E-state index in [9.17, 15) is 9.18 Å². The number of aryl methyl sites for hydroxylation is 1. The minimum atomic E-state index is -0.381. The Morgan fingerprint density at radius 2 is 2.05 bits per heavy atom. The van der Waals surface area contributed by atoms with Gasteiger partial charge in [-0.1, -0.05) is 0 Å². The van der Waals surface area contributed by atoms with E-state index in [0.29, 0.717) is 16.9 Å². The van der Waals surface area contributed by atoms with Gasteiger partial charge in [-0.05, 0) is 48.9 Å². The lowest BCUT2D eigenvalue weighted by Crippen LogP contribution is -2.11. The molecule has 5 heteroatoms. The molecule has 0 saturated carbocycles. The number of aromatic nitrogens is 1. The predicted octanol–water partition coefficient (Wildman–Crippen LogP) is 3.45. The summed E-state index contributed by atoms with van der Waals surface area (Å²) < 4.78 is 13.4. The van der Waals surface area contributed by atoms with Crippen LogP contribution in [0, 0.1) is 12.7 Å². The molecule has 4 nitrogen and oxygen atoms in total. The van der Waals surface area contributed by atoms with Gasteiger partial charge in [0.1, 0.15) is 5.82 Å². The highest BCUT2D eigenvalue weighted by Crippen LogP contribution is 2.22. The number of rotatable bonds is 2. The monoisotopic (exact) mass is 283 g/mol. The van der Waals surface area contributed by atoms with Crippen LogP contribution >= 0.6 is 0 Å². The number of hydrogen-bond donors (Lipinski definition) is 3. The Balaban J connectivity index is 1.95. The van der Waals surface area contributed by atoms with Crippen molar-refractivity contribution >= 4 is 28.2 Å². The van der Waals surface area contributed by atoms with Crippen LogP contribution in [0.25, 0.3) is 10.9 Å². The Hall–Kier alpha value is -2.82. The summed E-state index contributed by atoms with van der Waals surface area (Å²) in [5.74, 6) is -0.690. The lowest BCUT2D eigenvalue weighted by atomic mass is 10.1. The number of carbonyl (C=O) groups excluding carboxylic acids is 1. The summed E-state index contributed by atoms with van der Waals surface area (Å²) in [6.07, 6.45) is 1.62. The van der Waals surface area contributed by atoms with E-state index in [4.69, 9.17) is 5.73 Å². The minimum Gasteiger partial charge on any atom is -0.399 e. The maximum absolute atomic E-state index is 13.4. The normalized spacial score (nSPS) is 10.8. The first-order valence-electron chi connectivity index (χ1n) is 6.48. The fraction of sp³-hybridized carbons (Fsp3) is 0.0625. The maximum Gasteiger partial charge on any atom is 0.257 e. The molecule has 2 aromatic carbocycles. The quantitative estimate of drug-likeness (QED) is 0.630. The number of hydrogen-bond acceptors (Lipinski definition) is 2. The SMILES string of the molecule is Cc1cc(F)cc(NC(=O)c2c[nH]c3ccc(N)cc23)c1. The van der Waals surface area contributed by atoms with Crippen molar-refractivity contribution < 1.29 is 9.18 Å². The Labute approximate surface area is 120 Å². The molecule has 3 rings (SSSR count). The third-order valence-electron chi connectivity index (χ3n) is 3.25. The standard InChI is InChI=1S/C16H14FN3O/c1-9-4-10(17)6-12(5-9)20-16(21)14-8-19-15-3-2-11(18)7-13(14)15/h2-8,19H,18H2,1H3,(H,20,21). The molecule has 106 valence electrons. The summed E-state index contributed by atoms with van der Waals surface area (Å²) in [4.78, 5) is 15.3. The topological polar surface area (TPSA) is 70.9 Å². The van der Waals surface area contributed by atoms with Crippen LogP contribution in [0.1, 0.15) is 15.9 Å². The van der Waals surface area contributed by atoms with Gasteiger partial charge in [0.25, 0.3) is 5.91 Å². The van der Waals surface area contributed by atoms with Crippen molar-refractivity contribution in [3.8, 4) is 0 Å². The number of fused-ring (bicyclic) bond motifs is 1. The van der Waals surface area contributed by atoms with E-state index in [1.807, 2.05) is 6.07 Å². The molecule has 3 aromatic rings. The molecule has 21 heavy (non-hydrogen) atoms. The van der Waals surface area contributed by atoms with Crippen molar-refractivity contribution in [2.24, 2.45) is 0 Å². The van der Waals surface area contributed by atoms with Crippen LogP contribution in [0.4, 0.5) is 15.8 Å². The molecule has 0 radical (unpaired) electrons. The van der Waals surface area contributed by atoms with Gasteiger partial charge in [-0.15, -0.1) is 0 Å².